The molecular weight excluding hydrogens is 242 g/mol. The molecule has 0 saturated heterocycles. The van der Waals surface area contributed by atoms with Gasteiger partial charge in [0.25, 0.3) is 5.78 Å². The number of hydrogen-bond donors (Lipinski definition) is 0. The Morgan fingerprint density at radius 3 is 2.89 bits per heavy atom. The average Bonchev–Trinajstić information content (AvgIpc) is 2.77. The van der Waals surface area contributed by atoms with Gasteiger partial charge in [-0.1, -0.05) is 25.1 Å². The average molecular weight is 257 g/mol. The number of nitrogens with zero attached hydrogens (tertiary/aromatic N) is 1. The number of carbonyl (C=O) groups excluding carboxylic acids is 2. The van der Waals surface area contributed by atoms with E-state index in [4.69, 9.17) is 0 Å². The summed E-state index contributed by atoms with van der Waals surface area (Å²) in [4.78, 5) is 23.5. The number of methoxy groups -OCH3 is 1. The highest BCUT2D eigenvalue weighted by atomic mass is 16.5. The van der Waals surface area contributed by atoms with Gasteiger partial charge in [0.05, 0.1) is 18.2 Å². The molecule has 0 bridgehead atoms. The van der Waals surface area contributed by atoms with Crippen LogP contribution in [0.5, 0.6) is 0 Å². The highest BCUT2D eigenvalue weighted by Gasteiger charge is 2.25. The molecule has 4 heteroatoms. The zero-order chi connectivity index (χ0) is 13.6. The maximum Gasteiger partial charge on any atom is 0.379 e. The molecule has 1 aliphatic heterocycles. The van der Waals surface area contributed by atoms with Crippen LogP contribution in [0.1, 0.15) is 22.8 Å². The highest BCUT2D eigenvalue weighted by molar-refractivity contribution is 6.43. The van der Waals surface area contributed by atoms with E-state index < -0.39 is 11.8 Å². The molecule has 98 valence electrons. The van der Waals surface area contributed by atoms with Crippen molar-refractivity contribution >= 4 is 22.7 Å². The van der Waals surface area contributed by atoms with Crippen LogP contribution >= 0.6 is 0 Å². The van der Waals surface area contributed by atoms with E-state index in [0.717, 1.165) is 23.9 Å². The number of esters is 1. The highest BCUT2D eigenvalue weighted by Crippen LogP contribution is 2.31. The van der Waals surface area contributed by atoms with Crippen LogP contribution in [0.4, 0.5) is 0 Å². The van der Waals surface area contributed by atoms with Crippen molar-refractivity contribution in [1.29, 1.82) is 0 Å². The van der Waals surface area contributed by atoms with Crippen LogP contribution < -0.4 is 0 Å². The number of ether oxygens (including phenoxy) is 1. The molecular formula is C15H15NO3. The number of rotatable bonds is 2. The Morgan fingerprint density at radius 2 is 2.16 bits per heavy atom. The minimum absolute atomic E-state index is 0.442. The molecule has 0 N–H and O–H groups in total. The van der Waals surface area contributed by atoms with Gasteiger partial charge in [-0.2, -0.15) is 0 Å². The maximum atomic E-state index is 12.0. The fourth-order valence-corrected chi connectivity index (χ4v) is 2.91. The van der Waals surface area contributed by atoms with Crippen molar-refractivity contribution in [2.45, 2.75) is 19.9 Å². The maximum absolute atomic E-state index is 12.0. The Bertz CT molecular complexity index is 684. The molecule has 4 nitrogen and oxygen atoms in total. The van der Waals surface area contributed by atoms with Crippen LogP contribution in [0.3, 0.4) is 0 Å². The van der Waals surface area contributed by atoms with Crippen LogP contribution in [0.2, 0.25) is 0 Å². The second-order valence-corrected chi connectivity index (χ2v) is 5.14. The summed E-state index contributed by atoms with van der Waals surface area (Å²) in [6.45, 7) is 3.06. The first-order valence-corrected chi connectivity index (χ1v) is 6.35. The number of para-hydroxylation sites is 1. The lowest BCUT2D eigenvalue weighted by Crippen LogP contribution is -2.16. The summed E-state index contributed by atoms with van der Waals surface area (Å²) in [6, 6.07) is 5.91. The normalized spacial score (nSPS) is 17.5. The number of aromatic nitrogens is 1. The summed E-state index contributed by atoms with van der Waals surface area (Å²) < 4.78 is 6.61. The molecule has 0 saturated carbocycles. The summed E-state index contributed by atoms with van der Waals surface area (Å²) in [5.41, 5.74) is 2.76. The predicted octanol–water partition coefficient (Wildman–Crippen LogP) is 2.19. The van der Waals surface area contributed by atoms with Crippen LogP contribution in [0.15, 0.2) is 24.4 Å². The molecule has 0 aliphatic carbocycles. The molecule has 0 fully saturated rings. The third kappa shape index (κ3) is 1.75. The van der Waals surface area contributed by atoms with Gasteiger partial charge >= 0.3 is 5.97 Å². The summed E-state index contributed by atoms with van der Waals surface area (Å²) >= 11 is 0. The molecule has 1 atom stereocenters. The third-order valence-corrected chi connectivity index (χ3v) is 3.67. The zero-order valence-electron chi connectivity index (χ0n) is 11.0. The van der Waals surface area contributed by atoms with Gasteiger partial charge in [0.15, 0.2) is 0 Å². The van der Waals surface area contributed by atoms with Crippen LogP contribution in [-0.2, 0) is 22.5 Å². The van der Waals surface area contributed by atoms with Gasteiger partial charge in [-0.3, -0.25) is 4.79 Å². The Morgan fingerprint density at radius 1 is 1.37 bits per heavy atom. The number of hydrogen-bond acceptors (Lipinski definition) is 3. The van der Waals surface area contributed by atoms with Gasteiger partial charge in [-0.05, 0) is 17.9 Å². The molecule has 0 radical (unpaired) electrons. The summed E-state index contributed by atoms with van der Waals surface area (Å²) in [5.74, 6) is -0.846. The molecule has 1 aromatic carbocycles. The van der Waals surface area contributed by atoms with E-state index in [1.165, 1.54) is 12.7 Å². The van der Waals surface area contributed by atoms with Crippen molar-refractivity contribution in [2.24, 2.45) is 5.92 Å². The lowest BCUT2D eigenvalue weighted by atomic mass is 9.95. The van der Waals surface area contributed by atoms with Crippen molar-refractivity contribution < 1.29 is 14.3 Å². The minimum Gasteiger partial charge on any atom is -0.463 e. The van der Waals surface area contributed by atoms with Crippen molar-refractivity contribution in [2.75, 3.05) is 7.11 Å². The van der Waals surface area contributed by atoms with Gasteiger partial charge in [-0.15, -0.1) is 0 Å². The SMILES string of the molecule is COC(=O)C(=O)c1cn2c3c(cccc13)CC(C)C2. The number of benzene rings is 1. The molecule has 0 amide bonds. The number of ketones is 1. The quantitative estimate of drug-likeness (QED) is 0.470. The van der Waals surface area contributed by atoms with Gasteiger partial charge in [-0.25, -0.2) is 4.79 Å². The van der Waals surface area contributed by atoms with E-state index in [-0.39, 0.29) is 0 Å². The predicted molar refractivity (Wildman–Crippen MR) is 71.2 cm³/mol. The monoisotopic (exact) mass is 257 g/mol. The largest absolute Gasteiger partial charge is 0.463 e. The number of carbonyl (C=O) groups is 2. The van der Waals surface area contributed by atoms with E-state index in [2.05, 4.69) is 22.3 Å². The first-order chi connectivity index (χ1) is 9.11. The second kappa shape index (κ2) is 4.23. The van der Waals surface area contributed by atoms with Crippen LogP contribution in [0, 0.1) is 5.92 Å². The summed E-state index contributed by atoms with van der Waals surface area (Å²) in [7, 11) is 1.23. The Labute approximate surface area is 111 Å². The Kier molecular flexibility index (Phi) is 2.66. The Balaban J connectivity index is 2.22. The number of Topliss-reactive ketones (excluding diaryl/α,β-unsaturated/α-hetero) is 1. The van der Waals surface area contributed by atoms with Crippen LogP contribution in [0.25, 0.3) is 10.9 Å². The van der Waals surface area contributed by atoms with Gasteiger partial charge in [0, 0.05) is 18.1 Å². The molecule has 19 heavy (non-hydrogen) atoms. The minimum atomic E-state index is -0.809. The van der Waals surface area contributed by atoms with E-state index in [0.29, 0.717) is 11.5 Å². The standard InChI is InChI=1S/C15H15NO3/c1-9-6-10-4-3-5-11-12(14(17)15(18)19-2)8-16(7-9)13(10)11/h3-5,8-9H,6-7H2,1-2H3. The molecule has 1 aromatic heterocycles. The lowest BCUT2D eigenvalue weighted by Gasteiger charge is -2.21. The van der Waals surface area contributed by atoms with Crippen molar-refractivity contribution in [1.82, 2.24) is 4.57 Å². The molecule has 0 spiro atoms. The molecule has 3 rings (SSSR count). The zero-order valence-corrected chi connectivity index (χ0v) is 11.0. The van der Waals surface area contributed by atoms with Gasteiger partial charge < -0.3 is 9.30 Å². The lowest BCUT2D eigenvalue weighted by molar-refractivity contribution is -0.135. The second-order valence-electron chi connectivity index (χ2n) is 5.14. The van der Waals surface area contributed by atoms with E-state index in [1.807, 2.05) is 12.1 Å². The van der Waals surface area contributed by atoms with Gasteiger partial charge in [0.1, 0.15) is 0 Å². The molecule has 1 aliphatic rings. The smallest absolute Gasteiger partial charge is 0.379 e. The first-order valence-electron chi connectivity index (χ1n) is 6.35. The fraction of sp³-hybridized carbons (Fsp3) is 0.333. The van der Waals surface area contributed by atoms with Crippen LogP contribution in [-0.4, -0.2) is 23.4 Å². The third-order valence-electron chi connectivity index (χ3n) is 3.67. The van der Waals surface area contributed by atoms with E-state index in [1.54, 1.807) is 6.20 Å². The molecule has 1 unspecified atom stereocenters. The molecule has 2 heterocycles. The van der Waals surface area contributed by atoms with Crippen molar-refractivity contribution in [3.8, 4) is 0 Å². The first kappa shape index (κ1) is 12.0. The van der Waals surface area contributed by atoms with Crippen molar-refractivity contribution in [3.63, 3.8) is 0 Å². The van der Waals surface area contributed by atoms with Gasteiger partial charge in [0.2, 0.25) is 0 Å². The summed E-state index contributed by atoms with van der Waals surface area (Å²) in [5, 5.41) is 0.847. The van der Waals surface area contributed by atoms with Crippen molar-refractivity contribution in [3.05, 3.63) is 35.5 Å². The molecule has 2 aromatic rings. The Hall–Kier alpha value is -2.10. The van der Waals surface area contributed by atoms with E-state index in [9.17, 15) is 9.59 Å². The fourth-order valence-electron chi connectivity index (χ4n) is 2.91. The summed E-state index contributed by atoms with van der Waals surface area (Å²) in [6.07, 6.45) is 2.79. The van der Waals surface area contributed by atoms with E-state index >= 15 is 0 Å². The topological polar surface area (TPSA) is 48.3 Å².